The number of halogens is 1. The summed E-state index contributed by atoms with van der Waals surface area (Å²) in [4.78, 5) is 11.7. The third kappa shape index (κ3) is 4.45. The SMILES string of the molecule is CCOC(=O)C(Cc1ccc(O)c(I)c1)OCC. The van der Waals surface area contributed by atoms with Gasteiger partial charge in [-0.25, -0.2) is 4.79 Å². The molecule has 0 bridgehead atoms. The molecule has 0 aliphatic carbocycles. The third-order valence-corrected chi connectivity index (χ3v) is 3.21. The molecule has 0 amide bonds. The summed E-state index contributed by atoms with van der Waals surface area (Å²) in [5.74, 6) is -0.106. The fourth-order valence-corrected chi connectivity index (χ4v) is 2.12. The molecule has 0 aliphatic rings. The minimum Gasteiger partial charge on any atom is -0.507 e. The van der Waals surface area contributed by atoms with Crippen molar-refractivity contribution < 1.29 is 19.4 Å². The summed E-state index contributed by atoms with van der Waals surface area (Å²) in [7, 11) is 0. The van der Waals surface area contributed by atoms with Crippen LogP contribution in [0.15, 0.2) is 18.2 Å². The molecular formula is C13H17IO4. The molecule has 0 spiro atoms. The van der Waals surface area contributed by atoms with Gasteiger partial charge in [-0.3, -0.25) is 0 Å². The number of ether oxygens (including phenoxy) is 2. The monoisotopic (exact) mass is 364 g/mol. The highest BCUT2D eigenvalue weighted by atomic mass is 127. The molecule has 0 radical (unpaired) electrons. The molecule has 1 aromatic carbocycles. The van der Waals surface area contributed by atoms with Crippen molar-refractivity contribution in [3.63, 3.8) is 0 Å². The molecule has 5 heteroatoms. The van der Waals surface area contributed by atoms with Crippen LogP contribution in [0.4, 0.5) is 0 Å². The van der Waals surface area contributed by atoms with Crippen molar-refractivity contribution in [2.24, 2.45) is 0 Å². The van der Waals surface area contributed by atoms with Crippen LogP contribution >= 0.6 is 22.6 Å². The molecule has 4 nitrogen and oxygen atoms in total. The second-order valence-electron chi connectivity index (χ2n) is 3.69. The number of phenolic OH excluding ortho intramolecular Hbond substituents is 1. The second-order valence-corrected chi connectivity index (χ2v) is 4.85. The molecule has 1 N–H and O–H groups in total. The van der Waals surface area contributed by atoms with Crippen LogP contribution in [0, 0.1) is 3.57 Å². The van der Waals surface area contributed by atoms with Crippen molar-refractivity contribution in [1.29, 1.82) is 0 Å². The quantitative estimate of drug-likeness (QED) is 0.623. The molecule has 0 saturated carbocycles. The van der Waals surface area contributed by atoms with E-state index in [2.05, 4.69) is 0 Å². The summed E-state index contributed by atoms with van der Waals surface area (Å²) < 4.78 is 11.1. The van der Waals surface area contributed by atoms with E-state index in [1.54, 1.807) is 19.1 Å². The van der Waals surface area contributed by atoms with E-state index in [0.717, 1.165) is 9.13 Å². The van der Waals surface area contributed by atoms with E-state index in [0.29, 0.717) is 19.6 Å². The average molecular weight is 364 g/mol. The van der Waals surface area contributed by atoms with Gasteiger partial charge in [0.15, 0.2) is 6.10 Å². The maximum atomic E-state index is 11.7. The first-order valence-electron chi connectivity index (χ1n) is 5.84. The molecule has 0 saturated heterocycles. The number of esters is 1. The van der Waals surface area contributed by atoms with E-state index < -0.39 is 6.10 Å². The summed E-state index contributed by atoms with van der Waals surface area (Å²) >= 11 is 2.05. The predicted molar refractivity (Wildman–Crippen MR) is 76.6 cm³/mol. The van der Waals surface area contributed by atoms with E-state index in [-0.39, 0.29) is 11.7 Å². The number of phenols is 1. The first kappa shape index (κ1) is 15.2. The van der Waals surface area contributed by atoms with Gasteiger partial charge in [-0.1, -0.05) is 6.07 Å². The number of carbonyl (C=O) groups excluding carboxylic acids is 1. The molecule has 18 heavy (non-hydrogen) atoms. The fraction of sp³-hybridized carbons (Fsp3) is 0.462. The van der Waals surface area contributed by atoms with E-state index in [9.17, 15) is 9.90 Å². The normalized spacial score (nSPS) is 12.2. The topological polar surface area (TPSA) is 55.8 Å². The summed E-state index contributed by atoms with van der Waals surface area (Å²) in [6.07, 6.45) is -0.140. The van der Waals surface area contributed by atoms with Gasteiger partial charge in [0.1, 0.15) is 5.75 Å². The standard InChI is InChI=1S/C13H17IO4/c1-3-17-12(13(16)18-4-2)8-9-5-6-11(15)10(14)7-9/h5-7,12,15H,3-4,8H2,1-2H3. The maximum Gasteiger partial charge on any atom is 0.335 e. The zero-order valence-electron chi connectivity index (χ0n) is 10.5. The Labute approximate surface area is 120 Å². The highest BCUT2D eigenvalue weighted by molar-refractivity contribution is 14.1. The van der Waals surface area contributed by atoms with Gasteiger partial charge < -0.3 is 14.6 Å². The summed E-state index contributed by atoms with van der Waals surface area (Å²) in [5, 5.41) is 9.44. The Balaban J connectivity index is 2.76. The number of hydrogen-bond acceptors (Lipinski definition) is 4. The van der Waals surface area contributed by atoms with E-state index in [1.165, 1.54) is 0 Å². The van der Waals surface area contributed by atoms with Crippen LogP contribution in [-0.4, -0.2) is 30.4 Å². The number of hydrogen-bond donors (Lipinski definition) is 1. The maximum absolute atomic E-state index is 11.7. The Morgan fingerprint density at radius 3 is 2.67 bits per heavy atom. The number of aromatic hydroxyl groups is 1. The van der Waals surface area contributed by atoms with Gasteiger partial charge >= 0.3 is 5.97 Å². The third-order valence-electron chi connectivity index (χ3n) is 2.35. The van der Waals surface area contributed by atoms with Crippen LogP contribution in [0.2, 0.25) is 0 Å². The van der Waals surface area contributed by atoms with Crippen LogP contribution in [0.5, 0.6) is 5.75 Å². The Kier molecular flexibility index (Phi) is 6.42. The molecular weight excluding hydrogens is 347 g/mol. The summed E-state index contributed by atoms with van der Waals surface area (Å²) in [6.45, 7) is 4.41. The molecule has 1 aromatic rings. The largest absolute Gasteiger partial charge is 0.507 e. The number of carbonyl (C=O) groups is 1. The molecule has 0 fully saturated rings. The van der Waals surface area contributed by atoms with Crippen molar-refractivity contribution in [3.05, 3.63) is 27.3 Å². The Hall–Kier alpha value is -0.820. The predicted octanol–water partition coefficient (Wildman–Crippen LogP) is 2.51. The first-order chi connectivity index (χ1) is 8.58. The minimum absolute atomic E-state index is 0.239. The van der Waals surface area contributed by atoms with Crippen LogP contribution in [0.1, 0.15) is 19.4 Å². The molecule has 0 aliphatic heterocycles. The number of rotatable bonds is 6. The Morgan fingerprint density at radius 1 is 1.39 bits per heavy atom. The average Bonchev–Trinajstić information content (AvgIpc) is 2.33. The Bertz CT molecular complexity index is 406. The zero-order valence-corrected chi connectivity index (χ0v) is 12.6. The lowest BCUT2D eigenvalue weighted by atomic mass is 10.1. The van der Waals surface area contributed by atoms with Crippen LogP contribution in [-0.2, 0) is 20.7 Å². The van der Waals surface area contributed by atoms with Crippen LogP contribution in [0.3, 0.4) is 0 Å². The lowest BCUT2D eigenvalue weighted by molar-refractivity contribution is -0.156. The van der Waals surface area contributed by atoms with Gasteiger partial charge in [-0.05, 0) is 54.1 Å². The van der Waals surface area contributed by atoms with Gasteiger partial charge in [-0.2, -0.15) is 0 Å². The van der Waals surface area contributed by atoms with Crippen molar-refractivity contribution in [2.45, 2.75) is 26.4 Å². The van der Waals surface area contributed by atoms with E-state index in [4.69, 9.17) is 9.47 Å². The molecule has 100 valence electrons. The van der Waals surface area contributed by atoms with E-state index in [1.807, 2.05) is 35.6 Å². The summed E-state index contributed by atoms with van der Waals surface area (Å²) in [6, 6.07) is 5.23. The molecule has 0 aromatic heterocycles. The lowest BCUT2D eigenvalue weighted by Crippen LogP contribution is -2.29. The van der Waals surface area contributed by atoms with Crippen molar-refractivity contribution in [3.8, 4) is 5.75 Å². The smallest absolute Gasteiger partial charge is 0.335 e. The first-order valence-corrected chi connectivity index (χ1v) is 6.92. The molecule has 0 heterocycles. The van der Waals surface area contributed by atoms with Crippen LogP contribution in [0.25, 0.3) is 0 Å². The highest BCUT2D eigenvalue weighted by Gasteiger charge is 2.20. The number of benzene rings is 1. The molecule has 1 atom stereocenters. The van der Waals surface area contributed by atoms with Crippen molar-refractivity contribution in [2.75, 3.05) is 13.2 Å². The summed E-state index contributed by atoms with van der Waals surface area (Å²) in [5.41, 5.74) is 0.934. The molecule has 1 rings (SSSR count). The van der Waals surface area contributed by atoms with Gasteiger partial charge in [0.05, 0.1) is 10.2 Å². The fourth-order valence-electron chi connectivity index (χ4n) is 1.54. The van der Waals surface area contributed by atoms with Crippen molar-refractivity contribution in [1.82, 2.24) is 0 Å². The lowest BCUT2D eigenvalue weighted by Gasteiger charge is -2.15. The zero-order chi connectivity index (χ0) is 13.5. The van der Waals surface area contributed by atoms with E-state index >= 15 is 0 Å². The highest BCUT2D eigenvalue weighted by Crippen LogP contribution is 2.21. The van der Waals surface area contributed by atoms with Gasteiger partial charge in [0.2, 0.25) is 0 Å². The minimum atomic E-state index is -0.588. The van der Waals surface area contributed by atoms with Crippen molar-refractivity contribution >= 4 is 28.6 Å². The Morgan fingerprint density at radius 2 is 2.11 bits per heavy atom. The molecule has 1 unspecified atom stereocenters. The van der Waals surface area contributed by atoms with Crippen LogP contribution < -0.4 is 0 Å². The van der Waals surface area contributed by atoms with Gasteiger partial charge in [0.25, 0.3) is 0 Å². The van der Waals surface area contributed by atoms with Gasteiger partial charge in [-0.15, -0.1) is 0 Å². The second kappa shape index (κ2) is 7.58. The van der Waals surface area contributed by atoms with Gasteiger partial charge in [0, 0.05) is 13.0 Å².